The minimum atomic E-state index is -4.46. The Morgan fingerprint density at radius 1 is 1.42 bits per heavy atom. The second-order valence-electron chi connectivity index (χ2n) is 5.59. The molecule has 1 aromatic heterocycles. The summed E-state index contributed by atoms with van der Waals surface area (Å²) in [7, 11) is -3.50. The molecule has 0 amide bonds. The molecule has 136 valence electrons. The maximum Gasteiger partial charge on any atom is 0.422 e. The Balaban J connectivity index is 1.86. The van der Waals surface area contributed by atoms with Gasteiger partial charge < -0.3 is 9.47 Å². The zero-order valence-corrected chi connectivity index (χ0v) is 13.7. The molecule has 1 aliphatic heterocycles. The summed E-state index contributed by atoms with van der Waals surface area (Å²) in [6.07, 6.45) is -1.55. The molecule has 0 spiro atoms. The van der Waals surface area contributed by atoms with Crippen LogP contribution in [-0.4, -0.2) is 45.2 Å². The van der Waals surface area contributed by atoms with Crippen LogP contribution in [0.5, 0.6) is 5.88 Å². The highest BCUT2D eigenvalue weighted by Crippen LogP contribution is 2.18. The summed E-state index contributed by atoms with van der Waals surface area (Å²) in [6.45, 7) is -0.412. The molecule has 1 N–H and O–H groups in total. The Morgan fingerprint density at radius 2 is 2.21 bits per heavy atom. The van der Waals surface area contributed by atoms with Crippen LogP contribution in [0.3, 0.4) is 0 Å². The first-order chi connectivity index (χ1) is 11.2. The second kappa shape index (κ2) is 8.13. The summed E-state index contributed by atoms with van der Waals surface area (Å²) in [5.41, 5.74) is 0.464. The minimum absolute atomic E-state index is 0.0322. The maximum absolute atomic E-state index is 12.1. The van der Waals surface area contributed by atoms with E-state index in [9.17, 15) is 21.6 Å². The van der Waals surface area contributed by atoms with Crippen LogP contribution in [0.4, 0.5) is 13.2 Å². The van der Waals surface area contributed by atoms with Crippen molar-refractivity contribution in [3.05, 3.63) is 23.9 Å². The molecule has 6 nitrogen and oxygen atoms in total. The van der Waals surface area contributed by atoms with Gasteiger partial charge in [-0.05, 0) is 30.4 Å². The molecule has 0 unspecified atom stereocenters. The van der Waals surface area contributed by atoms with E-state index in [0.717, 1.165) is 12.8 Å². The van der Waals surface area contributed by atoms with Crippen molar-refractivity contribution >= 4 is 10.0 Å². The van der Waals surface area contributed by atoms with Crippen LogP contribution in [0.2, 0.25) is 0 Å². The van der Waals surface area contributed by atoms with E-state index >= 15 is 0 Å². The van der Waals surface area contributed by atoms with Gasteiger partial charge in [0, 0.05) is 25.4 Å². The van der Waals surface area contributed by atoms with Crippen LogP contribution < -0.4 is 9.46 Å². The van der Waals surface area contributed by atoms with Gasteiger partial charge in [0.05, 0.1) is 12.4 Å². The standard InChI is InChI=1S/C14H19F3N2O4S/c15-14(16,17)10-23-13-6-11(3-4-18-13)7-19-24(20,21)9-12-2-1-5-22-8-12/h3-4,6,12,19H,1-2,5,7-10H2/t12-/m1/s1. The Labute approximate surface area is 138 Å². The number of aromatic nitrogens is 1. The topological polar surface area (TPSA) is 77.5 Å². The van der Waals surface area contributed by atoms with Gasteiger partial charge in [-0.15, -0.1) is 0 Å². The van der Waals surface area contributed by atoms with Crippen LogP contribution in [0.1, 0.15) is 18.4 Å². The molecule has 1 atom stereocenters. The molecule has 0 radical (unpaired) electrons. The molecular weight excluding hydrogens is 349 g/mol. The third-order valence-corrected chi connectivity index (χ3v) is 4.88. The number of rotatable bonds is 7. The molecule has 0 aliphatic carbocycles. The third kappa shape index (κ3) is 7.02. The van der Waals surface area contributed by atoms with Crippen LogP contribution in [-0.2, 0) is 21.3 Å². The van der Waals surface area contributed by atoms with Gasteiger partial charge in [0.1, 0.15) is 0 Å². The van der Waals surface area contributed by atoms with Gasteiger partial charge in [-0.3, -0.25) is 0 Å². The lowest BCUT2D eigenvalue weighted by molar-refractivity contribution is -0.154. The quantitative estimate of drug-likeness (QED) is 0.795. The fourth-order valence-corrected chi connectivity index (χ4v) is 3.68. The largest absolute Gasteiger partial charge is 0.468 e. The summed E-state index contributed by atoms with van der Waals surface area (Å²) in [5, 5.41) is 0. The molecule has 0 bridgehead atoms. The molecule has 1 saturated heterocycles. The highest BCUT2D eigenvalue weighted by Gasteiger charge is 2.28. The fourth-order valence-electron chi connectivity index (χ4n) is 2.30. The van der Waals surface area contributed by atoms with Crippen molar-refractivity contribution in [3.63, 3.8) is 0 Å². The number of halogens is 3. The Bertz CT molecular complexity index is 631. The first kappa shape index (κ1) is 18.9. The van der Waals surface area contributed by atoms with E-state index in [4.69, 9.17) is 4.74 Å². The van der Waals surface area contributed by atoms with Crippen molar-refractivity contribution in [1.29, 1.82) is 0 Å². The van der Waals surface area contributed by atoms with E-state index < -0.39 is 22.8 Å². The fraction of sp³-hybridized carbons (Fsp3) is 0.643. The van der Waals surface area contributed by atoms with E-state index in [1.807, 2.05) is 0 Å². The van der Waals surface area contributed by atoms with Crippen LogP contribution in [0.25, 0.3) is 0 Å². The monoisotopic (exact) mass is 368 g/mol. The molecular formula is C14H19F3N2O4S. The predicted octanol–water partition coefficient (Wildman–Crippen LogP) is 1.87. The van der Waals surface area contributed by atoms with Gasteiger partial charge in [-0.25, -0.2) is 18.1 Å². The molecule has 24 heavy (non-hydrogen) atoms. The predicted molar refractivity (Wildman–Crippen MR) is 80.0 cm³/mol. The van der Waals surface area contributed by atoms with Crippen molar-refractivity contribution in [3.8, 4) is 5.88 Å². The van der Waals surface area contributed by atoms with Crippen LogP contribution in [0, 0.1) is 5.92 Å². The van der Waals surface area contributed by atoms with E-state index in [1.165, 1.54) is 18.3 Å². The minimum Gasteiger partial charge on any atom is -0.468 e. The van der Waals surface area contributed by atoms with Crippen molar-refractivity contribution in [1.82, 2.24) is 9.71 Å². The molecule has 2 heterocycles. The van der Waals surface area contributed by atoms with Crippen molar-refractivity contribution < 1.29 is 31.1 Å². The van der Waals surface area contributed by atoms with Gasteiger partial charge >= 0.3 is 6.18 Å². The summed E-state index contributed by atoms with van der Waals surface area (Å²) in [6, 6.07) is 2.78. The van der Waals surface area contributed by atoms with E-state index in [2.05, 4.69) is 14.4 Å². The maximum atomic E-state index is 12.1. The first-order valence-corrected chi connectivity index (χ1v) is 9.08. The number of nitrogens with one attached hydrogen (secondary N) is 1. The molecule has 1 aliphatic rings. The SMILES string of the molecule is O=S(=O)(C[C@@H]1CCCOC1)NCc1ccnc(OCC(F)(F)F)c1. The lowest BCUT2D eigenvalue weighted by atomic mass is 10.1. The number of hydrogen-bond acceptors (Lipinski definition) is 5. The molecule has 10 heteroatoms. The average Bonchev–Trinajstić information content (AvgIpc) is 2.52. The smallest absolute Gasteiger partial charge is 0.422 e. The average molecular weight is 368 g/mol. The normalized spacial score (nSPS) is 19.2. The van der Waals surface area contributed by atoms with E-state index in [1.54, 1.807) is 0 Å². The number of alkyl halides is 3. The van der Waals surface area contributed by atoms with Crippen LogP contribution in [0.15, 0.2) is 18.3 Å². The molecule has 2 rings (SSSR count). The number of nitrogens with zero attached hydrogens (tertiary/aromatic N) is 1. The Hall–Kier alpha value is -1.39. The third-order valence-electron chi connectivity index (χ3n) is 3.39. The second-order valence-corrected chi connectivity index (χ2v) is 7.44. The summed E-state index contributed by atoms with van der Waals surface area (Å²) < 4.78 is 72.7. The summed E-state index contributed by atoms with van der Waals surface area (Å²) in [5.74, 6) is -0.278. The number of sulfonamides is 1. The van der Waals surface area contributed by atoms with Crippen molar-refractivity contribution in [2.75, 3.05) is 25.6 Å². The van der Waals surface area contributed by atoms with E-state index in [-0.39, 0.29) is 24.1 Å². The van der Waals surface area contributed by atoms with Crippen LogP contribution >= 0.6 is 0 Å². The zero-order valence-electron chi connectivity index (χ0n) is 12.9. The lowest BCUT2D eigenvalue weighted by Crippen LogP contribution is -2.32. The van der Waals surface area contributed by atoms with Gasteiger partial charge in [-0.2, -0.15) is 13.2 Å². The number of hydrogen-bond donors (Lipinski definition) is 1. The summed E-state index contributed by atoms with van der Waals surface area (Å²) in [4.78, 5) is 3.66. The van der Waals surface area contributed by atoms with Gasteiger partial charge in [-0.1, -0.05) is 0 Å². The summed E-state index contributed by atoms with van der Waals surface area (Å²) >= 11 is 0. The number of pyridine rings is 1. The van der Waals surface area contributed by atoms with E-state index in [0.29, 0.717) is 18.8 Å². The first-order valence-electron chi connectivity index (χ1n) is 7.43. The van der Waals surface area contributed by atoms with Crippen molar-refractivity contribution in [2.24, 2.45) is 5.92 Å². The molecule has 1 fully saturated rings. The zero-order chi connectivity index (χ0) is 17.6. The lowest BCUT2D eigenvalue weighted by Gasteiger charge is -2.21. The van der Waals surface area contributed by atoms with Gasteiger partial charge in [0.2, 0.25) is 15.9 Å². The molecule has 0 aromatic carbocycles. The van der Waals surface area contributed by atoms with Gasteiger partial charge in [0.25, 0.3) is 0 Å². The Kier molecular flexibility index (Phi) is 6.41. The number of ether oxygens (including phenoxy) is 2. The van der Waals surface area contributed by atoms with Gasteiger partial charge in [0.15, 0.2) is 6.61 Å². The molecule has 1 aromatic rings. The molecule has 0 saturated carbocycles. The highest BCUT2D eigenvalue weighted by atomic mass is 32.2. The van der Waals surface area contributed by atoms with Crippen molar-refractivity contribution in [2.45, 2.75) is 25.6 Å². The highest BCUT2D eigenvalue weighted by molar-refractivity contribution is 7.89. The Morgan fingerprint density at radius 3 is 2.88 bits per heavy atom.